The first-order valence-electron chi connectivity index (χ1n) is 15.6. The molecule has 0 saturated carbocycles. The Balaban J connectivity index is 1.36. The van der Waals surface area contributed by atoms with Gasteiger partial charge in [-0.25, -0.2) is 9.37 Å². The van der Waals surface area contributed by atoms with Gasteiger partial charge in [-0.05, 0) is 55.9 Å². The standard InChI is InChI=1S/C34H44FN3O5S/c1-6-9-23(7-2)37-14-12-24-27(17-37)29(41-4)16-22(31(24)35)19-43-32-21(3)10-8-11-25(32)28-20-44-34(36-28)38-15-13-26(33(39)40)30(18-38)42-5/h8,10-11,16,20,23,26,30H,6-7,9,12-15,17-19H2,1-5H3,(H,39,40)/t23?,26-,30?/m1/s1. The molecule has 0 aliphatic carbocycles. The third kappa shape index (κ3) is 6.57. The number of hydrogen-bond donors (Lipinski definition) is 1. The highest BCUT2D eigenvalue weighted by molar-refractivity contribution is 7.14. The first-order chi connectivity index (χ1) is 21.3. The minimum atomic E-state index is -0.829. The van der Waals surface area contributed by atoms with Crippen LogP contribution in [0.4, 0.5) is 9.52 Å². The summed E-state index contributed by atoms with van der Waals surface area (Å²) in [4.78, 5) is 21.1. The van der Waals surface area contributed by atoms with E-state index < -0.39 is 18.0 Å². The number of rotatable bonds is 12. The van der Waals surface area contributed by atoms with E-state index in [-0.39, 0.29) is 12.4 Å². The molecule has 2 aliphatic heterocycles. The monoisotopic (exact) mass is 625 g/mol. The van der Waals surface area contributed by atoms with Crippen molar-refractivity contribution in [3.63, 3.8) is 0 Å². The maximum absolute atomic E-state index is 16.0. The fraction of sp³-hybridized carbons (Fsp3) is 0.529. The Hall–Kier alpha value is -3.21. The number of anilines is 1. The van der Waals surface area contributed by atoms with Crippen molar-refractivity contribution >= 4 is 22.4 Å². The first kappa shape index (κ1) is 32.2. The van der Waals surface area contributed by atoms with Crippen LogP contribution >= 0.6 is 11.3 Å². The largest absolute Gasteiger partial charge is 0.496 e. The van der Waals surface area contributed by atoms with Gasteiger partial charge in [-0.3, -0.25) is 9.69 Å². The highest BCUT2D eigenvalue weighted by atomic mass is 32.1. The van der Waals surface area contributed by atoms with Crippen molar-refractivity contribution < 1.29 is 28.5 Å². The van der Waals surface area contributed by atoms with Crippen molar-refractivity contribution in [2.45, 2.75) is 78.2 Å². The number of halogens is 1. The summed E-state index contributed by atoms with van der Waals surface area (Å²) in [6.07, 6.45) is 4.09. The number of aromatic nitrogens is 1. The molecule has 1 saturated heterocycles. The van der Waals surface area contributed by atoms with Crippen LogP contribution in [0.15, 0.2) is 29.6 Å². The summed E-state index contributed by atoms with van der Waals surface area (Å²) in [5.41, 5.74) is 4.69. The van der Waals surface area contributed by atoms with Crippen LogP contribution in [0.1, 0.15) is 61.8 Å². The summed E-state index contributed by atoms with van der Waals surface area (Å²) in [6.45, 7) is 9.07. The van der Waals surface area contributed by atoms with Gasteiger partial charge < -0.3 is 24.2 Å². The molecule has 0 radical (unpaired) electrons. The van der Waals surface area contributed by atoms with E-state index in [1.54, 1.807) is 20.3 Å². The number of benzene rings is 2. The van der Waals surface area contributed by atoms with E-state index in [1.807, 2.05) is 30.5 Å². The van der Waals surface area contributed by atoms with Crippen molar-refractivity contribution in [1.82, 2.24) is 9.88 Å². The number of piperidine rings is 1. The molecule has 5 rings (SSSR count). The summed E-state index contributed by atoms with van der Waals surface area (Å²) in [5.74, 6) is -0.177. The number of aliphatic carboxylic acids is 1. The van der Waals surface area contributed by atoms with Crippen LogP contribution in [0, 0.1) is 18.7 Å². The Morgan fingerprint density at radius 2 is 2.05 bits per heavy atom. The summed E-state index contributed by atoms with van der Waals surface area (Å²) in [6, 6.07) is 8.20. The van der Waals surface area contributed by atoms with Crippen molar-refractivity contribution in [3.05, 3.63) is 57.7 Å². The van der Waals surface area contributed by atoms with Crippen LogP contribution < -0.4 is 14.4 Å². The molecular formula is C34H44FN3O5S. The number of para-hydroxylation sites is 1. The normalized spacial score (nSPS) is 19.5. The molecule has 0 spiro atoms. The van der Waals surface area contributed by atoms with Crippen molar-refractivity contribution in [2.75, 3.05) is 38.8 Å². The second kappa shape index (κ2) is 14.3. The Morgan fingerprint density at radius 3 is 2.75 bits per heavy atom. The van der Waals surface area contributed by atoms with E-state index in [1.165, 1.54) is 11.3 Å². The minimum Gasteiger partial charge on any atom is -0.496 e. The van der Waals surface area contributed by atoms with Gasteiger partial charge in [0.1, 0.15) is 23.9 Å². The lowest BCUT2D eigenvalue weighted by atomic mass is 9.93. The van der Waals surface area contributed by atoms with Gasteiger partial charge in [-0.1, -0.05) is 32.4 Å². The third-order valence-corrected chi connectivity index (χ3v) is 10.1. The van der Waals surface area contributed by atoms with Gasteiger partial charge in [-0.2, -0.15) is 0 Å². The molecule has 238 valence electrons. The molecule has 8 nitrogen and oxygen atoms in total. The third-order valence-electron chi connectivity index (χ3n) is 9.16. The van der Waals surface area contributed by atoms with Gasteiger partial charge in [-0.15, -0.1) is 11.3 Å². The number of ether oxygens (including phenoxy) is 3. The van der Waals surface area contributed by atoms with Gasteiger partial charge in [0.05, 0.1) is 24.8 Å². The zero-order valence-corrected chi connectivity index (χ0v) is 27.2. The maximum Gasteiger partial charge on any atom is 0.309 e. The van der Waals surface area contributed by atoms with Crippen molar-refractivity contribution in [1.29, 1.82) is 0 Å². The van der Waals surface area contributed by atoms with Gasteiger partial charge >= 0.3 is 5.97 Å². The molecule has 10 heteroatoms. The molecule has 0 amide bonds. The number of aryl methyl sites for hydroxylation is 1. The van der Waals surface area contributed by atoms with Crippen molar-refractivity contribution in [2.24, 2.45) is 5.92 Å². The molecule has 2 aromatic carbocycles. The van der Waals surface area contributed by atoms with Crippen LogP contribution in [0.3, 0.4) is 0 Å². The molecule has 1 fully saturated rings. The van der Waals surface area contributed by atoms with Gasteiger partial charge in [0.2, 0.25) is 0 Å². The minimum absolute atomic E-state index is 0.0691. The smallest absolute Gasteiger partial charge is 0.309 e. The van der Waals surface area contributed by atoms with Gasteiger partial charge in [0.15, 0.2) is 5.13 Å². The van der Waals surface area contributed by atoms with Crippen LogP contribution in [-0.2, 0) is 29.1 Å². The lowest BCUT2D eigenvalue weighted by Gasteiger charge is -2.36. The van der Waals surface area contributed by atoms with Gasteiger partial charge in [0.25, 0.3) is 0 Å². The molecule has 1 N–H and O–H groups in total. The zero-order chi connectivity index (χ0) is 31.4. The van der Waals surface area contributed by atoms with Crippen LogP contribution in [0.25, 0.3) is 11.3 Å². The second-order valence-electron chi connectivity index (χ2n) is 11.8. The quantitative estimate of drug-likeness (QED) is 0.238. The topological polar surface area (TPSA) is 84.4 Å². The maximum atomic E-state index is 16.0. The number of fused-ring (bicyclic) bond motifs is 1. The van der Waals surface area contributed by atoms with Crippen molar-refractivity contribution in [3.8, 4) is 22.8 Å². The zero-order valence-electron chi connectivity index (χ0n) is 26.4. The molecule has 44 heavy (non-hydrogen) atoms. The number of carboxylic acid groups (broad SMARTS) is 1. The lowest BCUT2D eigenvalue weighted by molar-refractivity contribution is -0.147. The Morgan fingerprint density at radius 1 is 1.23 bits per heavy atom. The fourth-order valence-electron chi connectivity index (χ4n) is 6.67. The van der Waals surface area contributed by atoms with E-state index >= 15 is 4.39 Å². The average Bonchev–Trinajstić information content (AvgIpc) is 3.53. The van der Waals surface area contributed by atoms with E-state index in [9.17, 15) is 9.90 Å². The SMILES string of the molecule is CCCC(CC)N1CCc2c(F)c(COc3c(C)cccc3-c3csc(N4CC[C@@H](C(=O)O)C(OC)C4)n3)cc(OC)c2C1. The van der Waals surface area contributed by atoms with E-state index in [2.05, 4.69) is 23.6 Å². The molecular weight excluding hydrogens is 581 g/mol. The molecule has 2 unspecified atom stereocenters. The average molecular weight is 626 g/mol. The fourth-order valence-corrected chi connectivity index (χ4v) is 7.54. The summed E-state index contributed by atoms with van der Waals surface area (Å²) < 4.78 is 33.7. The molecule has 3 atom stereocenters. The van der Waals surface area contributed by atoms with E-state index in [0.29, 0.717) is 55.6 Å². The van der Waals surface area contributed by atoms with Crippen LogP contribution in [-0.4, -0.2) is 67.0 Å². The molecule has 3 heterocycles. The number of methoxy groups -OCH3 is 2. The lowest BCUT2D eigenvalue weighted by Crippen LogP contribution is -2.47. The van der Waals surface area contributed by atoms with Crippen LogP contribution in [0.2, 0.25) is 0 Å². The van der Waals surface area contributed by atoms with Crippen LogP contribution in [0.5, 0.6) is 11.5 Å². The predicted octanol–water partition coefficient (Wildman–Crippen LogP) is 6.71. The van der Waals surface area contributed by atoms with Gasteiger partial charge in [0, 0.05) is 61.4 Å². The number of nitrogens with zero attached hydrogens (tertiary/aromatic N) is 3. The highest BCUT2D eigenvalue weighted by Crippen LogP contribution is 2.39. The number of thiazole rings is 1. The summed E-state index contributed by atoms with van der Waals surface area (Å²) >= 11 is 1.51. The Labute approximate surface area is 263 Å². The number of carboxylic acids is 1. The summed E-state index contributed by atoms with van der Waals surface area (Å²) in [5, 5.41) is 12.3. The van der Waals surface area contributed by atoms with E-state index in [4.69, 9.17) is 19.2 Å². The Bertz CT molecular complexity index is 1460. The first-order valence-corrected chi connectivity index (χ1v) is 16.5. The second-order valence-corrected chi connectivity index (χ2v) is 12.6. The molecule has 2 aliphatic rings. The molecule has 3 aromatic rings. The van der Waals surface area contributed by atoms with E-state index in [0.717, 1.165) is 58.9 Å². The summed E-state index contributed by atoms with van der Waals surface area (Å²) in [7, 11) is 3.21. The molecule has 1 aromatic heterocycles. The predicted molar refractivity (Wildman–Crippen MR) is 171 cm³/mol. The number of carbonyl (C=O) groups is 1. The highest BCUT2D eigenvalue weighted by Gasteiger charge is 2.35. The number of hydrogen-bond acceptors (Lipinski definition) is 8. The Kier molecular flexibility index (Phi) is 10.4. The molecule has 0 bridgehead atoms.